The molecule has 1 saturated heterocycles. The normalized spacial score (nSPS) is 14.2. The Hall–Kier alpha value is -4.37. The third kappa shape index (κ3) is 6.49. The molecule has 0 unspecified atom stereocenters. The highest BCUT2D eigenvalue weighted by Crippen LogP contribution is 2.32. The van der Waals surface area contributed by atoms with Crippen molar-refractivity contribution in [2.75, 3.05) is 19.0 Å². The molecule has 4 rings (SSSR count). The molecule has 0 aromatic heterocycles. The highest BCUT2D eigenvalue weighted by atomic mass is 32.2. The molecule has 0 bridgehead atoms. The average molecular weight is 531 g/mol. The highest BCUT2D eigenvalue weighted by Gasteiger charge is 2.36. The summed E-state index contributed by atoms with van der Waals surface area (Å²) in [5.41, 5.74) is 2.74. The molecular formula is C29H26N2O6S. The van der Waals surface area contributed by atoms with Crippen molar-refractivity contribution in [1.29, 1.82) is 0 Å². The van der Waals surface area contributed by atoms with Crippen molar-refractivity contribution in [2.24, 2.45) is 0 Å². The van der Waals surface area contributed by atoms with Crippen LogP contribution in [0.5, 0.6) is 11.5 Å². The van der Waals surface area contributed by atoms with Gasteiger partial charge in [-0.25, -0.2) is 4.79 Å². The number of imide groups is 1. The Labute approximate surface area is 224 Å². The number of esters is 1. The van der Waals surface area contributed by atoms with Gasteiger partial charge in [0.25, 0.3) is 11.1 Å². The van der Waals surface area contributed by atoms with Crippen molar-refractivity contribution in [1.82, 2.24) is 4.90 Å². The van der Waals surface area contributed by atoms with Gasteiger partial charge in [-0.15, -0.1) is 0 Å². The van der Waals surface area contributed by atoms with Gasteiger partial charge in [0.1, 0.15) is 18.0 Å². The zero-order valence-corrected chi connectivity index (χ0v) is 21.9. The van der Waals surface area contributed by atoms with E-state index in [9.17, 15) is 19.2 Å². The molecule has 0 spiro atoms. The first kappa shape index (κ1) is 26.7. The highest BCUT2D eigenvalue weighted by molar-refractivity contribution is 8.18. The number of anilines is 1. The molecule has 1 aliphatic rings. The molecule has 3 aromatic carbocycles. The van der Waals surface area contributed by atoms with Crippen molar-refractivity contribution >= 4 is 46.5 Å². The number of methoxy groups -OCH3 is 1. The van der Waals surface area contributed by atoms with Gasteiger partial charge in [-0.3, -0.25) is 19.3 Å². The summed E-state index contributed by atoms with van der Waals surface area (Å²) in [4.78, 5) is 51.2. The van der Waals surface area contributed by atoms with E-state index in [1.165, 1.54) is 0 Å². The van der Waals surface area contributed by atoms with Crippen LogP contribution < -0.4 is 14.8 Å². The number of hydrogen-bond acceptors (Lipinski definition) is 7. The van der Waals surface area contributed by atoms with Crippen molar-refractivity contribution in [2.45, 2.75) is 19.8 Å². The Bertz CT molecular complexity index is 1380. The number of carbonyl (C=O) groups excluding carboxylic acids is 4. The van der Waals surface area contributed by atoms with Gasteiger partial charge in [0.2, 0.25) is 5.91 Å². The van der Waals surface area contributed by atoms with Gasteiger partial charge in [-0.1, -0.05) is 38.1 Å². The van der Waals surface area contributed by atoms with E-state index in [0.717, 1.165) is 22.2 Å². The number of thioether (sulfide) groups is 1. The molecule has 1 aliphatic heterocycles. The van der Waals surface area contributed by atoms with E-state index in [1.807, 2.05) is 12.1 Å². The fourth-order valence-electron chi connectivity index (χ4n) is 3.61. The summed E-state index contributed by atoms with van der Waals surface area (Å²) in [6.45, 7) is 3.77. The number of hydrogen-bond donors (Lipinski definition) is 1. The summed E-state index contributed by atoms with van der Waals surface area (Å²) in [6.07, 6.45) is 1.56. The Balaban J connectivity index is 1.35. The summed E-state index contributed by atoms with van der Waals surface area (Å²) in [7, 11) is 1.54. The Morgan fingerprint density at radius 2 is 1.55 bits per heavy atom. The van der Waals surface area contributed by atoms with Gasteiger partial charge in [-0.05, 0) is 83.4 Å². The molecule has 3 amide bonds. The minimum Gasteiger partial charge on any atom is -0.497 e. The van der Waals surface area contributed by atoms with Gasteiger partial charge < -0.3 is 14.8 Å². The molecule has 0 radical (unpaired) electrons. The molecule has 0 atom stereocenters. The Morgan fingerprint density at radius 1 is 0.921 bits per heavy atom. The van der Waals surface area contributed by atoms with Crippen LogP contribution in [0.15, 0.2) is 77.7 Å². The van der Waals surface area contributed by atoms with Crippen LogP contribution in [-0.4, -0.2) is 41.6 Å². The number of ether oxygens (including phenoxy) is 2. The third-order valence-corrected chi connectivity index (χ3v) is 6.66. The second-order valence-electron chi connectivity index (χ2n) is 8.78. The van der Waals surface area contributed by atoms with Crippen LogP contribution >= 0.6 is 11.8 Å². The maximum absolute atomic E-state index is 12.8. The van der Waals surface area contributed by atoms with Gasteiger partial charge in [0.05, 0.1) is 17.6 Å². The third-order valence-electron chi connectivity index (χ3n) is 5.75. The SMILES string of the molecule is COc1ccc(C(=O)Oc2ccc(/C=C3/SC(=O)N(CC(=O)Nc4ccc(C(C)C)cc4)C3=O)cc2)cc1. The fourth-order valence-corrected chi connectivity index (χ4v) is 4.45. The molecule has 1 fully saturated rings. The summed E-state index contributed by atoms with van der Waals surface area (Å²) in [5, 5.41) is 2.20. The van der Waals surface area contributed by atoms with E-state index >= 15 is 0 Å². The Morgan fingerprint density at radius 3 is 2.16 bits per heavy atom. The lowest BCUT2D eigenvalue weighted by Crippen LogP contribution is -2.36. The molecule has 9 heteroatoms. The smallest absolute Gasteiger partial charge is 0.343 e. The van der Waals surface area contributed by atoms with Crippen molar-refractivity contribution in [3.05, 3.63) is 94.4 Å². The second-order valence-corrected chi connectivity index (χ2v) is 9.77. The fraction of sp³-hybridized carbons (Fsp3) is 0.172. The molecule has 8 nitrogen and oxygen atoms in total. The second kappa shape index (κ2) is 11.8. The molecule has 3 aromatic rings. The van der Waals surface area contributed by atoms with Gasteiger partial charge >= 0.3 is 5.97 Å². The number of carbonyl (C=O) groups is 4. The lowest BCUT2D eigenvalue weighted by molar-refractivity contribution is -0.127. The summed E-state index contributed by atoms with van der Waals surface area (Å²) in [6, 6.07) is 20.5. The first-order valence-corrected chi connectivity index (χ1v) is 12.7. The predicted molar refractivity (Wildman–Crippen MR) is 146 cm³/mol. The van der Waals surface area contributed by atoms with E-state index in [2.05, 4.69) is 19.2 Å². The van der Waals surface area contributed by atoms with E-state index in [1.54, 1.807) is 73.8 Å². The van der Waals surface area contributed by atoms with Crippen LogP contribution in [0.4, 0.5) is 10.5 Å². The minimum atomic E-state index is -0.541. The molecule has 38 heavy (non-hydrogen) atoms. The van der Waals surface area contributed by atoms with Crippen LogP contribution in [0.1, 0.15) is 41.3 Å². The predicted octanol–water partition coefficient (Wildman–Crippen LogP) is 5.71. The number of nitrogens with zero attached hydrogens (tertiary/aromatic N) is 1. The minimum absolute atomic E-state index is 0.201. The Kier molecular flexibility index (Phi) is 8.28. The number of benzene rings is 3. The largest absolute Gasteiger partial charge is 0.497 e. The van der Waals surface area contributed by atoms with E-state index in [0.29, 0.717) is 34.2 Å². The van der Waals surface area contributed by atoms with Crippen LogP contribution in [0, 0.1) is 0 Å². The summed E-state index contributed by atoms with van der Waals surface area (Å²) in [5.74, 6) is -0.196. The maximum Gasteiger partial charge on any atom is 0.343 e. The standard InChI is InChI=1S/C29H26N2O6S/c1-18(2)20-6-10-22(11-7-20)30-26(32)17-31-27(33)25(38-29(31)35)16-19-4-12-24(13-5-19)37-28(34)21-8-14-23(36-3)15-9-21/h4-16,18H,17H2,1-3H3,(H,30,32)/b25-16+. The molecule has 1 heterocycles. The van der Waals surface area contributed by atoms with E-state index < -0.39 is 23.0 Å². The zero-order valence-electron chi connectivity index (χ0n) is 21.1. The molecule has 0 aliphatic carbocycles. The van der Waals surface area contributed by atoms with Crippen LogP contribution in [0.3, 0.4) is 0 Å². The number of nitrogens with one attached hydrogen (secondary N) is 1. The van der Waals surface area contributed by atoms with Crippen molar-refractivity contribution in [3.63, 3.8) is 0 Å². The molecule has 1 N–H and O–H groups in total. The van der Waals surface area contributed by atoms with Gasteiger partial charge in [0, 0.05) is 5.69 Å². The zero-order chi connectivity index (χ0) is 27.2. The molecule has 194 valence electrons. The quantitative estimate of drug-likeness (QED) is 0.226. The average Bonchev–Trinajstić information content (AvgIpc) is 3.17. The number of amides is 3. The lowest BCUT2D eigenvalue weighted by Gasteiger charge is -2.13. The van der Waals surface area contributed by atoms with Crippen molar-refractivity contribution in [3.8, 4) is 11.5 Å². The molecule has 0 saturated carbocycles. The van der Waals surface area contributed by atoms with Crippen LogP contribution in [-0.2, 0) is 9.59 Å². The van der Waals surface area contributed by atoms with Gasteiger partial charge in [0.15, 0.2) is 0 Å². The topological polar surface area (TPSA) is 102 Å². The van der Waals surface area contributed by atoms with Crippen LogP contribution in [0.2, 0.25) is 0 Å². The summed E-state index contributed by atoms with van der Waals surface area (Å²) >= 11 is 0.768. The van der Waals surface area contributed by atoms with E-state index in [4.69, 9.17) is 9.47 Å². The first-order valence-electron chi connectivity index (χ1n) is 11.8. The monoisotopic (exact) mass is 530 g/mol. The maximum atomic E-state index is 12.8. The summed E-state index contributed by atoms with van der Waals surface area (Å²) < 4.78 is 10.5. The molecular weight excluding hydrogens is 504 g/mol. The van der Waals surface area contributed by atoms with Crippen LogP contribution in [0.25, 0.3) is 6.08 Å². The number of rotatable bonds is 8. The van der Waals surface area contributed by atoms with Crippen molar-refractivity contribution < 1.29 is 28.7 Å². The van der Waals surface area contributed by atoms with Gasteiger partial charge in [-0.2, -0.15) is 0 Å². The van der Waals surface area contributed by atoms with E-state index in [-0.39, 0.29) is 11.4 Å². The first-order chi connectivity index (χ1) is 18.2. The lowest BCUT2D eigenvalue weighted by atomic mass is 10.0.